The van der Waals surface area contributed by atoms with Crippen molar-refractivity contribution in [2.75, 3.05) is 0 Å². The lowest BCUT2D eigenvalue weighted by Gasteiger charge is -2.06. The zero-order valence-corrected chi connectivity index (χ0v) is 15.5. The minimum absolute atomic E-state index is 0.165. The molecule has 0 atom stereocenters. The van der Waals surface area contributed by atoms with Gasteiger partial charge in [0.15, 0.2) is 0 Å². The smallest absolute Gasteiger partial charge is 0.206 e. The molecule has 0 fully saturated rings. The van der Waals surface area contributed by atoms with Crippen molar-refractivity contribution in [3.05, 3.63) is 62.4 Å². The molecule has 1 N–H and O–H groups in total. The summed E-state index contributed by atoms with van der Waals surface area (Å²) in [5, 5.41) is 7.83. The van der Waals surface area contributed by atoms with Crippen molar-refractivity contribution < 1.29 is 0 Å². The van der Waals surface area contributed by atoms with Gasteiger partial charge in [0.25, 0.3) is 0 Å². The van der Waals surface area contributed by atoms with Crippen LogP contribution in [0.4, 0.5) is 0 Å². The predicted molar refractivity (Wildman–Crippen MR) is 102 cm³/mol. The van der Waals surface area contributed by atoms with Crippen molar-refractivity contribution in [2.24, 2.45) is 10.1 Å². The van der Waals surface area contributed by atoms with Crippen molar-refractivity contribution in [3.63, 3.8) is 0 Å². The Morgan fingerprint density at radius 2 is 2.08 bits per heavy atom. The lowest BCUT2D eigenvalue weighted by molar-refractivity contribution is 0.754. The molecular weight excluding hydrogens is 363 g/mol. The number of rotatable bonds is 4. The van der Waals surface area contributed by atoms with Gasteiger partial charge in [0.2, 0.25) is 4.80 Å². The molecule has 0 aliphatic rings. The van der Waals surface area contributed by atoms with Crippen LogP contribution >= 0.6 is 34.5 Å². The zero-order valence-electron chi connectivity index (χ0n) is 13.2. The molecule has 0 saturated heterocycles. The molecule has 2 heterocycles. The van der Waals surface area contributed by atoms with Crippen LogP contribution in [0.1, 0.15) is 19.5 Å². The number of halogens is 2. The van der Waals surface area contributed by atoms with Gasteiger partial charge in [-0.25, -0.2) is 4.68 Å². The van der Waals surface area contributed by atoms with Gasteiger partial charge in [-0.15, -0.1) is 11.3 Å². The number of nitrogens with zero attached hydrogens (tertiary/aromatic N) is 3. The summed E-state index contributed by atoms with van der Waals surface area (Å²) in [5.41, 5.74) is 2.59. The normalized spacial score (nSPS) is 12.6. The van der Waals surface area contributed by atoms with Gasteiger partial charge in [0.05, 0.1) is 22.6 Å². The van der Waals surface area contributed by atoms with Gasteiger partial charge in [0.1, 0.15) is 0 Å². The third-order valence-corrected chi connectivity index (χ3v) is 4.59. The highest BCUT2D eigenvalue weighted by Gasteiger charge is 2.12. The molecule has 0 spiro atoms. The Morgan fingerprint density at radius 1 is 1.25 bits per heavy atom. The molecular formula is C17H16Cl2N4S. The molecule has 0 saturated carbocycles. The number of hydrogen-bond acceptors (Lipinski definition) is 3. The van der Waals surface area contributed by atoms with Crippen LogP contribution in [0.3, 0.4) is 0 Å². The van der Waals surface area contributed by atoms with Crippen LogP contribution < -0.4 is 4.80 Å². The summed E-state index contributed by atoms with van der Waals surface area (Å²) in [7, 11) is 0. The maximum Gasteiger partial charge on any atom is 0.206 e. The number of benzene rings is 1. The molecule has 124 valence electrons. The van der Waals surface area contributed by atoms with E-state index >= 15 is 0 Å². The van der Waals surface area contributed by atoms with Gasteiger partial charge in [-0.1, -0.05) is 23.2 Å². The lowest BCUT2D eigenvalue weighted by atomic mass is 10.2. The molecule has 3 rings (SSSR count). The summed E-state index contributed by atoms with van der Waals surface area (Å²) in [4.78, 5) is 8.55. The van der Waals surface area contributed by atoms with Crippen LogP contribution in [0.25, 0.3) is 11.3 Å². The van der Waals surface area contributed by atoms with E-state index in [4.69, 9.17) is 23.2 Å². The highest BCUT2D eigenvalue weighted by Crippen LogP contribution is 2.30. The van der Waals surface area contributed by atoms with Gasteiger partial charge in [-0.3, -0.25) is 4.99 Å². The minimum atomic E-state index is 0.165. The molecule has 0 bridgehead atoms. The summed E-state index contributed by atoms with van der Waals surface area (Å²) in [5.74, 6) is 0. The number of aromatic nitrogens is 2. The van der Waals surface area contributed by atoms with E-state index in [0.717, 1.165) is 21.8 Å². The minimum Gasteiger partial charge on any atom is -0.360 e. The Hall–Kier alpha value is -1.82. The van der Waals surface area contributed by atoms with Crippen molar-refractivity contribution in [1.29, 1.82) is 0 Å². The Bertz CT molecular complexity index is 920. The first-order valence-corrected chi connectivity index (χ1v) is 9.05. The molecule has 0 aliphatic heterocycles. The van der Waals surface area contributed by atoms with Crippen molar-refractivity contribution >= 4 is 40.8 Å². The van der Waals surface area contributed by atoms with Crippen molar-refractivity contribution in [3.8, 4) is 11.3 Å². The summed E-state index contributed by atoms with van der Waals surface area (Å²) in [6.07, 6.45) is 3.61. The fraction of sp³-hybridized carbons (Fsp3) is 0.176. The van der Waals surface area contributed by atoms with Crippen LogP contribution in [-0.4, -0.2) is 21.9 Å². The van der Waals surface area contributed by atoms with Gasteiger partial charge < -0.3 is 4.98 Å². The van der Waals surface area contributed by atoms with E-state index in [9.17, 15) is 0 Å². The van der Waals surface area contributed by atoms with E-state index in [0.29, 0.717) is 10.0 Å². The molecule has 24 heavy (non-hydrogen) atoms. The number of thiazole rings is 1. The largest absolute Gasteiger partial charge is 0.360 e. The first-order valence-electron chi connectivity index (χ1n) is 7.42. The third-order valence-electron chi connectivity index (χ3n) is 3.19. The first kappa shape index (κ1) is 17.0. The van der Waals surface area contributed by atoms with Gasteiger partial charge in [-0.2, -0.15) is 5.10 Å². The number of H-pyrrole nitrogens is 1. The lowest BCUT2D eigenvalue weighted by Crippen LogP contribution is -2.14. The maximum atomic E-state index is 6.36. The maximum absolute atomic E-state index is 6.36. The average Bonchev–Trinajstić information content (AvgIpc) is 3.17. The monoisotopic (exact) mass is 378 g/mol. The third kappa shape index (κ3) is 3.80. The summed E-state index contributed by atoms with van der Waals surface area (Å²) < 4.78 is 1.79. The summed E-state index contributed by atoms with van der Waals surface area (Å²) >= 11 is 14.0. The Morgan fingerprint density at radius 3 is 2.79 bits per heavy atom. The van der Waals surface area contributed by atoms with E-state index in [2.05, 4.69) is 15.1 Å². The fourth-order valence-corrected chi connectivity index (χ4v) is 3.49. The quantitative estimate of drug-likeness (QED) is 0.617. The van der Waals surface area contributed by atoms with Crippen LogP contribution in [0.2, 0.25) is 10.0 Å². The number of hydrogen-bond donors (Lipinski definition) is 1. The molecule has 0 radical (unpaired) electrons. The molecule has 0 unspecified atom stereocenters. The average molecular weight is 379 g/mol. The topological polar surface area (TPSA) is 45.4 Å². The number of nitrogens with one attached hydrogen (secondary N) is 1. The Balaban J connectivity index is 2.16. The van der Waals surface area contributed by atoms with Crippen LogP contribution in [-0.2, 0) is 0 Å². The van der Waals surface area contributed by atoms with E-state index in [-0.39, 0.29) is 6.04 Å². The van der Waals surface area contributed by atoms with E-state index in [1.54, 1.807) is 23.0 Å². The Kier molecular flexibility index (Phi) is 5.23. The predicted octanol–water partition coefficient (Wildman–Crippen LogP) is 5.04. The van der Waals surface area contributed by atoms with E-state index in [1.165, 1.54) is 11.3 Å². The molecule has 3 aromatic rings. The van der Waals surface area contributed by atoms with E-state index < -0.39 is 0 Å². The van der Waals surface area contributed by atoms with Gasteiger partial charge >= 0.3 is 0 Å². The second-order valence-electron chi connectivity index (χ2n) is 5.43. The Labute approximate surface area is 154 Å². The fourth-order valence-electron chi connectivity index (χ4n) is 2.14. The molecule has 4 nitrogen and oxygen atoms in total. The van der Waals surface area contributed by atoms with E-state index in [1.807, 2.05) is 43.6 Å². The SMILES string of the molecule is CC(C)N=c1scc(-c2cc(Cl)ccc2Cl)n1N=Cc1ccc[nH]1. The highest BCUT2D eigenvalue weighted by atomic mass is 35.5. The van der Waals surface area contributed by atoms with Crippen molar-refractivity contribution in [1.82, 2.24) is 9.66 Å². The van der Waals surface area contributed by atoms with Gasteiger partial charge in [0, 0.05) is 28.2 Å². The van der Waals surface area contributed by atoms with Gasteiger partial charge in [-0.05, 0) is 44.2 Å². The van der Waals surface area contributed by atoms with Crippen LogP contribution in [0, 0.1) is 0 Å². The molecule has 7 heteroatoms. The molecule has 0 amide bonds. The molecule has 0 aliphatic carbocycles. The first-order chi connectivity index (χ1) is 11.5. The second kappa shape index (κ2) is 7.38. The molecule has 1 aromatic carbocycles. The number of aromatic amines is 1. The zero-order chi connectivity index (χ0) is 17.1. The highest BCUT2D eigenvalue weighted by molar-refractivity contribution is 7.07. The standard InChI is InChI=1S/C17H16Cl2N4S/c1-11(2)22-17-23(21-9-13-4-3-7-20-13)16(10-24-17)14-8-12(18)5-6-15(14)19/h3-11,20H,1-2H3. The summed E-state index contributed by atoms with van der Waals surface area (Å²) in [6, 6.07) is 9.43. The van der Waals surface area contributed by atoms with Crippen LogP contribution in [0.5, 0.6) is 0 Å². The van der Waals surface area contributed by atoms with Crippen LogP contribution in [0.15, 0.2) is 52.0 Å². The summed E-state index contributed by atoms with van der Waals surface area (Å²) in [6.45, 7) is 4.07. The van der Waals surface area contributed by atoms with Crippen molar-refractivity contribution in [2.45, 2.75) is 19.9 Å². The molecule has 2 aromatic heterocycles. The second-order valence-corrected chi connectivity index (χ2v) is 7.11.